The predicted molar refractivity (Wildman–Crippen MR) is 144 cm³/mol. The van der Waals surface area contributed by atoms with Crippen molar-refractivity contribution in [2.45, 2.75) is 19.3 Å². The topological polar surface area (TPSA) is 89.5 Å². The smallest absolute Gasteiger partial charge is 0.312 e. The summed E-state index contributed by atoms with van der Waals surface area (Å²) in [4.78, 5) is 26.2. The van der Waals surface area contributed by atoms with Crippen molar-refractivity contribution in [3.8, 4) is 34.5 Å². The average Bonchev–Trinajstić information content (AvgIpc) is 3.25. The number of para-hydroxylation sites is 2. The monoisotopic (exact) mass is 528 g/mol. The molecule has 0 radical (unpaired) electrons. The van der Waals surface area contributed by atoms with Gasteiger partial charge in [-0.25, -0.2) is 0 Å². The standard InChI is InChI=1S/C31H28O8/c1-17(2)16-37-30-19(9-7-11-24(30)35-4)21-15-26(32)38-22-13-12-20-28(33)25(39-31(20)27(21)22)14-18-8-6-10-23(34-3)29(18)36-5/h6-14,21H,1,15-16H2,2-5H3. The van der Waals surface area contributed by atoms with Crippen LogP contribution in [0.1, 0.15) is 46.3 Å². The zero-order valence-electron chi connectivity index (χ0n) is 22.2. The molecule has 0 spiro atoms. The van der Waals surface area contributed by atoms with Gasteiger partial charge in [0, 0.05) is 22.6 Å². The molecular formula is C31H28O8. The van der Waals surface area contributed by atoms with Crippen molar-refractivity contribution >= 4 is 17.8 Å². The molecule has 5 rings (SSSR count). The van der Waals surface area contributed by atoms with Gasteiger partial charge in [-0.15, -0.1) is 0 Å². The summed E-state index contributed by atoms with van der Waals surface area (Å²) < 4.78 is 34.4. The van der Waals surface area contributed by atoms with Crippen LogP contribution in [0.3, 0.4) is 0 Å². The summed E-state index contributed by atoms with van der Waals surface area (Å²) in [6, 6.07) is 14.1. The lowest BCUT2D eigenvalue weighted by Gasteiger charge is -2.28. The Bertz CT molecular complexity index is 1520. The largest absolute Gasteiger partial charge is 0.493 e. The molecule has 2 aliphatic rings. The molecule has 0 aliphatic carbocycles. The zero-order valence-corrected chi connectivity index (χ0v) is 22.2. The first-order chi connectivity index (χ1) is 18.9. The average molecular weight is 529 g/mol. The molecule has 200 valence electrons. The number of hydrogen-bond acceptors (Lipinski definition) is 8. The summed E-state index contributed by atoms with van der Waals surface area (Å²) in [5.74, 6) is 1.60. The third-order valence-corrected chi connectivity index (χ3v) is 6.57. The molecule has 0 saturated carbocycles. The van der Waals surface area contributed by atoms with Crippen LogP contribution in [0.2, 0.25) is 0 Å². The van der Waals surface area contributed by atoms with Gasteiger partial charge in [0.25, 0.3) is 0 Å². The number of allylic oxidation sites excluding steroid dienone is 1. The molecule has 3 aromatic rings. The number of Topliss-reactive ketones (excluding diaryl/α,β-unsaturated/α-hetero) is 1. The second-order valence-electron chi connectivity index (χ2n) is 9.23. The second-order valence-corrected chi connectivity index (χ2v) is 9.23. The van der Waals surface area contributed by atoms with Gasteiger partial charge < -0.3 is 28.4 Å². The molecule has 39 heavy (non-hydrogen) atoms. The van der Waals surface area contributed by atoms with Gasteiger partial charge in [-0.2, -0.15) is 0 Å². The number of carbonyl (C=O) groups is 2. The van der Waals surface area contributed by atoms with Crippen LogP contribution in [-0.4, -0.2) is 39.7 Å². The molecule has 0 fully saturated rings. The molecule has 0 N–H and O–H groups in total. The van der Waals surface area contributed by atoms with E-state index < -0.39 is 11.9 Å². The SMILES string of the molecule is C=C(C)COc1c(OC)cccc1C1CC(=O)Oc2ccc3c(c21)OC(=Cc1cccc(OC)c1OC)C3=O. The van der Waals surface area contributed by atoms with Gasteiger partial charge in [0.2, 0.25) is 5.78 Å². The number of ketones is 1. The molecular weight excluding hydrogens is 500 g/mol. The van der Waals surface area contributed by atoms with Crippen LogP contribution in [0.4, 0.5) is 0 Å². The summed E-state index contributed by atoms with van der Waals surface area (Å²) in [6.45, 7) is 6.05. The summed E-state index contributed by atoms with van der Waals surface area (Å²) >= 11 is 0. The van der Waals surface area contributed by atoms with E-state index in [0.717, 1.165) is 5.57 Å². The number of hydrogen-bond donors (Lipinski definition) is 0. The van der Waals surface area contributed by atoms with E-state index in [1.165, 1.54) is 7.11 Å². The molecule has 1 unspecified atom stereocenters. The second kappa shape index (κ2) is 10.6. The molecule has 2 heterocycles. The first kappa shape index (κ1) is 25.9. The maximum Gasteiger partial charge on any atom is 0.312 e. The predicted octanol–water partition coefficient (Wildman–Crippen LogP) is 5.72. The van der Waals surface area contributed by atoms with Crippen molar-refractivity contribution in [1.82, 2.24) is 0 Å². The quantitative estimate of drug-likeness (QED) is 0.159. The highest BCUT2D eigenvalue weighted by atomic mass is 16.5. The van der Waals surface area contributed by atoms with Gasteiger partial charge in [0.15, 0.2) is 28.8 Å². The summed E-state index contributed by atoms with van der Waals surface area (Å²) in [5, 5.41) is 0. The number of carbonyl (C=O) groups excluding carboxylic acids is 2. The number of ether oxygens (including phenoxy) is 6. The van der Waals surface area contributed by atoms with Crippen LogP contribution in [0, 0.1) is 0 Å². The fourth-order valence-corrected chi connectivity index (χ4v) is 4.86. The van der Waals surface area contributed by atoms with Crippen molar-refractivity contribution in [3.63, 3.8) is 0 Å². The molecule has 0 saturated heterocycles. The van der Waals surface area contributed by atoms with Crippen molar-refractivity contribution in [2.24, 2.45) is 0 Å². The first-order valence-corrected chi connectivity index (χ1v) is 12.3. The molecule has 0 amide bonds. The van der Waals surface area contributed by atoms with E-state index in [2.05, 4.69) is 6.58 Å². The van der Waals surface area contributed by atoms with Crippen LogP contribution in [0.5, 0.6) is 34.5 Å². The lowest BCUT2D eigenvalue weighted by Crippen LogP contribution is -2.22. The van der Waals surface area contributed by atoms with Gasteiger partial charge in [-0.1, -0.05) is 30.8 Å². The third-order valence-electron chi connectivity index (χ3n) is 6.57. The Labute approximate surface area is 226 Å². The minimum Gasteiger partial charge on any atom is -0.493 e. The highest BCUT2D eigenvalue weighted by Gasteiger charge is 2.40. The van der Waals surface area contributed by atoms with E-state index in [1.54, 1.807) is 56.7 Å². The third kappa shape index (κ3) is 4.69. The van der Waals surface area contributed by atoms with E-state index in [1.807, 2.05) is 19.1 Å². The Balaban J connectivity index is 1.63. The van der Waals surface area contributed by atoms with E-state index >= 15 is 0 Å². The molecule has 2 aliphatic heterocycles. The zero-order chi connectivity index (χ0) is 27.7. The van der Waals surface area contributed by atoms with Gasteiger partial charge in [-0.05, 0) is 42.8 Å². The maximum atomic E-state index is 13.5. The van der Waals surface area contributed by atoms with Crippen LogP contribution < -0.4 is 28.4 Å². The number of rotatable bonds is 8. The Hall–Kier alpha value is -4.72. The van der Waals surface area contributed by atoms with E-state index in [0.29, 0.717) is 56.8 Å². The van der Waals surface area contributed by atoms with E-state index in [4.69, 9.17) is 28.4 Å². The van der Waals surface area contributed by atoms with Crippen molar-refractivity contribution in [1.29, 1.82) is 0 Å². The van der Waals surface area contributed by atoms with E-state index in [-0.39, 0.29) is 24.6 Å². The molecule has 1 atom stereocenters. The van der Waals surface area contributed by atoms with Gasteiger partial charge in [0.1, 0.15) is 18.1 Å². The Morgan fingerprint density at radius 3 is 2.36 bits per heavy atom. The Morgan fingerprint density at radius 2 is 1.67 bits per heavy atom. The highest BCUT2D eigenvalue weighted by molar-refractivity contribution is 6.15. The minimum absolute atomic E-state index is 0.0281. The van der Waals surface area contributed by atoms with Gasteiger partial charge >= 0.3 is 5.97 Å². The summed E-state index contributed by atoms with van der Waals surface area (Å²) in [7, 11) is 4.63. The van der Waals surface area contributed by atoms with Crippen LogP contribution in [-0.2, 0) is 4.79 Å². The molecule has 0 bridgehead atoms. The summed E-state index contributed by atoms with van der Waals surface area (Å²) in [5.41, 5.74) is 3.12. The molecule has 8 nitrogen and oxygen atoms in total. The number of fused-ring (bicyclic) bond motifs is 3. The Kier molecular flexibility index (Phi) is 7.02. The maximum absolute atomic E-state index is 13.5. The number of methoxy groups -OCH3 is 3. The Morgan fingerprint density at radius 1 is 0.949 bits per heavy atom. The molecule has 3 aromatic carbocycles. The first-order valence-electron chi connectivity index (χ1n) is 12.3. The highest BCUT2D eigenvalue weighted by Crippen LogP contribution is 2.52. The normalized spacial score (nSPS) is 16.6. The van der Waals surface area contributed by atoms with Crippen LogP contribution in [0.25, 0.3) is 6.08 Å². The fourth-order valence-electron chi connectivity index (χ4n) is 4.86. The van der Waals surface area contributed by atoms with Gasteiger partial charge in [-0.3, -0.25) is 9.59 Å². The van der Waals surface area contributed by atoms with Crippen molar-refractivity contribution < 1.29 is 38.0 Å². The van der Waals surface area contributed by atoms with Crippen LogP contribution >= 0.6 is 0 Å². The fraction of sp³-hybridized carbons (Fsp3) is 0.226. The van der Waals surface area contributed by atoms with Crippen molar-refractivity contribution in [2.75, 3.05) is 27.9 Å². The van der Waals surface area contributed by atoms with Crippen molar-refractivity contribution in [3.05, 3.63) is 88.7 Å². The summed E-state index contributed by atoms with van der Waals surface area (Å²) in [6.07, 6.45) is 1.65. The van der Waals surface area contributed by atoms with Crippen LogP contribution in [0.15, 0.2) is 66.4 Å². The lowest BCUT2D eigenvalue weighted by molar-refractivity contribution is -0.135. The minimum atomic E-state index is -0.509. The van der Waals surface area contributed by atoms with Gasteiger partial charge in [0.05, 0.1) is 33.3 Å². The number of esters is 1. The molecule has 8 heteroatoms. The number of benzene rings is 3. The molecule has 0 aromatic heterocycles. The lowest BCUT2D eigenvalue weighted by atomic mass is 9.84. The van der Waals surface area contributed by atoms with E-state index in [9.17, 15) is 9.59 Å².